The molecule has 0 aromatic carbocycles. The van der Waals surface area contributed by atoms with Crippen LogP contribution in [-0.4, -0.2) is 28.6 Å². The van der Waals surface area contributed by atoms with Gasteiger partial charge in [-0.25, -0.2) is 14.6 Å². The average Bonchev–Trinajstić information content (AvgIpc) is 2.57. The normalized spacial score (nSPS) is 14.4. The van der Waals surface area contributed by atoms with E-state index in [0.29, 0.717) is 13.0 Å². The van der Waals surface area contributed by atoms with Gasteiger partial charge in [0.2, 0.25) is 0 Å². The zero-order valence-electron chi connectivity index (χ0n) is 10.3. The van der Waals surface area contributed by atoms with Crippen LogP contribution in [0.4, 0.5) is 10.6 Å². The molecule has 0 unspecified atom stereocenters. The third-order valence-corrected chi connectivity index (χ3v) is 2.22. The largest absolute Gasteiger partial charge is 0.466 e. The first-order valence-electron chi connectivity index (χ1n) is 5.85. The van der Waals surface area contributed by atoms with E-state index in [1.807, 2.05) is 0 Å². The number of amides is 2. The van der Waals surface area contributed by atoms with Crippen molar-refractivity contribution in [3.63, 3.8) is 0 Å². The second-order valence-electron chi connectivity index (χ2n) is 3.81. The lowest BCUT2D eigenvalue weighted by atomic mass is 10.2. The van der Waals surface area contributed by atoms with E-state index in [1.54, 1.807) is 0 Å². The summed E-state index contributed by atoms with van der Waals surface area (Å²) in [6.07, 6.45) is 5.10. The topological polar surface area (TPSA) is 127 Å². The summed E-state index contributed by atoms with van der Waals surface area (Å²) in [5.74, 6) is 0.208. The quantitative estimate of drug-likeness (QED) is 0.634. The highest BCUT2D eigenvalue weighted by atomic mass is 16.5. The first-order chi connectivity index (χ1) is 9.08. The van der Waals surface area contributed by atoms with Crippen LogP contribution in [0.3, 0.4) is 0 Å². The molecule has 1 aromatic heterocycles. The predicted octanol–water partition coefficient (Wildman–Crippen LogP) is 0.364. The highest BCUT2D eigenvalue weighted by Gasteiger charge is 2.05. The Labute approximate surface area is 109 Å². The first kappa shape index (κ1) is 14.7. The van der Waals surface area contributed by atoms with Crippen LogP contribution in [0.1, 0.15) is 25.7 Å². The Kier molecular flexibility index (Phi) is 6.07. The Morgan fingerprint density at radius 1 is 1.37 bits per heavy atom. The lowest BCUT2D eigenvalue weighted by Crippen LogP contribution is -2.22. The predicted molar refractivity (Wildman–Crippen MR) is 67.5 cm³/mol. The Hall–Kier alpha value is -2.38. The van der Waals surface area contributed by atoms with Gasteiger partial charge in [0.15, 0.2) is 0 Å². The maximum atomic E-state index is 10.5. The Bertz CT molecular complexity index is 476. The number of hydrogen-bond acceptors (Lipinski definition) is 5. The molecule has 8 heteroatoms. The summed E-state index contributed by atoms with van der Waals surface area (Å²) in [7, 11) is 0. The summed E-state index contributed by atoms with van der Waals surface area (Å²) < 4.78 is 4.76. The van der Waals surface area contributed by atoms with Crippen LogP contribution in [0.25, 0.3) is 0 Å². The SMILES string of the molecule is NC(=O)Nc1ccnc(=O)[nH]1.O=C1CCCCCO1. The van der Waals surface area contributed by atoms with Crippen molar-refractivity contribution in [2.45, 2.75) is 25.7 Å². The highest BCUT2D eigenvalue weighted by molar-refractivity contribution is 5.86. The standard InChI is InChI=1S/C6H10O2.C5H6N4O2/c7-6-4-2-1-3-5-8-6;6-4(10)8-3-1-2-7-5(11)9-3/h1-5H2;1-2H,(H4,6,7,8,9,10,11). The minimum atomic E-state index is -0.730. The van der Waals surface area contributed by atoms with Crippen LogP contribution in [0, 0.1) is 0 Å². The number of nitrogens with zero attached hydrogens (tertiary/aromatic N) is 1. The number of carbonyl (C=O) groups excluding carboxylic acids is 2. The molecule has 0 saturated carbocycles. The lowest BCUT2D eigenvalue weighted by molar-refractivity contribution is -0.142. The number of hydrogen-bond donors (Lipinski definition) is 3. The van der Waals surface area contributed by atoms with Crippen molar-refractivity contribution >= 4 is 17.8 Å². The molecule has 0 aliphatic carbocycles. The van der Waals surface area contributed by atoms with Gasteiger partial charge in [0.05, 0.1) is 6.61 Å². The maximum absolute atomic E-state index is 10.5. The monoisotopic (exact) mass is 268 g/mol. The third-order valence-electron chi connectivity index (χ3n) is 2.22. The number of rotatable bonds is 1. The van der Waals surface area contributed by atoms with Gasteiger partial charge >= 0.3 is 17.7 Å². The number of H-pyrrole nitrogens is 1. The van der Waals surface area contributed by atoms with Crippen molar-refractivity contribution in [3.05, 3.63) is 22.7 Å². The molecule has 1 fully saturated rings. The number of esters is 1. The number of nitrogens with one attached hydrogen (secondary N) is 2. The fraction of sp³-hybridized carbons (Fsp3) is 0.455. The van der Waals surface area contributed by atoms with E-state index in [4.69, 9.17) is 10.5 Å². The zero-order valence-corrected chi connectivity index (χ0v) is 10.3. The van der Waals surface area contributed by atoms with E-state index < -0.39 is 11.7 Å². The van der Waals surface area contributed by atoms with Crippen molar-refractivity contribution in [1.29, 1.82) is 0 Å². The molecule has 0 atom stereocenters. The number of nitrogens with two attached hydrogens (primary N) is 1. The summed E-state index contributed by atoms with van der Waals surface area (Å²) in [5, 5.41) is 2.19. The number of aromatic nitrogens is 2. The molecule has 4 N–H and O–H groups in total. The fourth-order valence-electron chi connectivity index (χ4n) is 1.38. The Balaban J connectivity index is 0.000000200. The number of ether oxygens (including phenoxy) is 1. The molecular formula is C11H16N4O4. The van der Waals surface area contributed by atoms with E-state index in [-0.39, 0.29) is 11.8 Å². The second-order valence-corrected chi connectivity index (χ2v) is 3.81. The molecule has 104 valence electrons. The highest BCUT2D eigenvalue weighted by Crippen LogP contribution is 2.06. The van der Waals surface area contributed by atoms with E-state index in [0.717, 1.165) is 19.3 Å². The molecule has 2 amide bonds. The summed E-state index contributed by atoms with van der Waals surface area (Å²) >= 11 is 0. The van der Waals surface area contributed by atoms with Gasteiger partial charge in [-0.3, -0.25) is 15.1 Å². The minimum Gasteiger partial charge on any atom is -0.466 e. The van der Waals surface area contributed by atoms with Gasteiger partial charge in [0, 0.05) is 12.6 Å². The first-order valence-corrected chi connectivity index (χ1v) is 5.85. The van der Waals surface area contributed by atoms with E-state index in [9.17, 15) is 14.4 Å². The number of carbonyl (C=O) groups is 2. The van der Waals surface area contributed by atoms with Crippen LogP contribution in [0.5, 0.6) is 0 Å². The second kappa shape index (κ2) is 7.85. The molecule has 1 aromatic rings. The summed E-state index contributed by atoms with van der Waals surface area (Å²) in [6.45, 7) is 0.638. The van der Waals surface area contributed by atoms with Crippen LogP contribution in [-0.2, 0) is 9.53 Å². The molecule has 1 aliphatic rings. The third kappa shape index (κ3) is 6.81. The number of anilines is 1. The van der Waals surface area contributed by atoms with E-state index in [1.165, 1.54) is 12.3 Å². The van der Waals surface area contributed by atoms with Crippen LogP contribution >= 0.6 is 0 Å². The Morgan fingerprint density at radius 2 is 2.16 bits per heavy atom. The molecule has 0 radical (unpaired) electrons. The van der Waals surface area contributed by atoms with Crippen molar-refractivity contribution in [2.75, 3.05) is 11.9 Å². The summed E-state index contributed by atoms with van der Waals surface area (Å²) in [4.78, 5) is 36.8. The Morgan fingerprint density at radius 3 is 2.84 bits per heavy atom. The van der Waals surface area contributed by atoms with Gasteiger partial charge in [0.1, 0.15) is 5.82 Å². The maximum Gasteiger partial charge on any atom is 0.346 e. The molecule has 19 heavy (non-hydrogen) atoms. The van der Waals surface area contributed by atoms with Gasteiger partial charge in [0.25, 0.3) is 0 Å². The van der Waals surface area contributed by atoms with Crippen LogP contribution in [0.2, 0.25) is 0 Å². The van der Waals surface area contributed by atoms with Crippen molar-refractivity contribution in [2.24, 2.45) is 5.73 Å². The summed E-state index contributed by atoms with van der Waals surface area (Å²) in [5.41, 5.74) is 4.25. The van der Waals surface area contributed by atoms with Crippen LogP contribution in [0.15, 0.2) is 17.1 Å². The van der Waals surface area contributed by atoms with Crippen LogP contribution < -0.4 is 16.7 Å². The van der Waals surface area contributed by atoms with Crippen molar-refractivity contribution in [1.82, 2.24) is 9.97 Å². The van der Waals surface area contributed by atoms with Gasteiger partial charge in [-0.1, -0.05) is 0 Å². The van der Waals surface area contributed by atoms with Gasteiger partial charge < -0.3 is 10.5 Å². The van der Waals surface area contributed by atoms with Gasteiger partial charge in [-0.15, -0.1) is 0 Å². The molecule has 2 heterocycles. The number of primary amides is 1. The molecule has 0 spiro atoms. The molecular weight excluding hydrogens is 252 g/mol. The van der Waals surface area contributed by atoms with Crippen molar-refractivity contribution in [3.8, 4) is 0 Å². The molecule has 0 bridgehead atoms. The minimum absolute atomic E-state index is 0.0255. The van der Waals surface area contributed by atoms with E-state index >= 15 is 0 Å². The van der Waals surface area contributed by atoms with Gasteiger partial charge in [-0.2, -0.15) is 0 Å². The number of aromatic amines is 1. The smallest absolute Gasteiger partial charge is 0.346 e. The molecule has 1 saturated heterocycles. The molecule has 2 rings (SSSR count). The summed E-state index contributed by atoms with van der Waals surface area (Å²) in [6, 6.07) is 0.693. The number of urea groups is 1. The lowest BCUT2D eigenvalue weighted by Gasteiger charge is -1.97. The number of cyclic esters (lactones) is 1. The van der Waals surface area contributed by atoms with Gasteiger partial charge in [-0.05, 0) is 25.3 Å². The van der Waals surface area contributed by atoms with Crippen molar-refractivity contribution < 1.29 is 14.3 Å². The average molecular weight is 268 g/mol. The van der Waals surface area contributed by atoms with E-state index in [2.05, 4.69) is 15.3 Å². The molecule has 8 nitrogen and oxygen atoms in total. The zero-order chi connectivity index (χ0) is 14.1. The fourth-order valence-corrected chi connectivity index (χ4v) is 1.38. The molecule has 1 aliphatic heterocycles.